The molecule has 0 saturated heterocycles. The molecule has 122 valence electrons. The molecule has 1 fully saturated rings. The van der Waals surface area contributed by atoms with Crippen LogP contribution in [0.2, 0.25) is 0 Å². The largest absolute Gasteiger partial charge is 0.399 e. The van der Waals surface area contributed by atoms with Crippen LogP contribution in [0, 0.1) is 5.92 Å². The Labute approximate surface area is 127 Å². The predicted octanol–water partition coefficient (Wildman–Crippen LogP) is 3.42. The Morgan fingerprint density at radius 3 is 2.27 bits per heavy atom. The van der Waals surface area contributed by atoms with Gasteiger partial charge >= 0.3 is 6.18 Å². The number of nitrogens with zero attached hydrogens (tertiary/aromatic N) is 3. The van der Waals surface area contributed by atoms with Crippen molar-refractivity contribution in [2.24, 2.45) is 32.8 Å². The van der Waals surface area contributed by atoms with E-state index in [0.717, 1.165) is 5.57 Å². The van der Waals surface area contributed by atoms with E-state index >= 15 is 0 Å². The van der Waals surface area contributed by atoms with Crippen molar-refractivity contribution in [1.82, 2.24) is 0 Å². The van der Waals surface area contributed by atoms with Crippen molar-refractivity contribution < 1.29 is 13.2 Å². The van der Waals surface area contributed by atoms with Gasteiger partial charge in [0.1, 0.15) is 0 Å². The van der Waals surface area contributed by atoms with Gasteiger partial charge in [0.05, 0.1) is 12.0 Å². The molecule has 0 aromatic heterocycles. The molecular weight excluding hydrogens is 295 g/mol. The maximum atomic E-state index is 12.3. The van der Waals surface area contributed by atoms with E-state index in [0.29, 0.717) is 11.3 Å². The van der Waals surface area contributed by atoms with Crippen LogP contribution in [0.1, 0.15) is 26.7 Å². The highest BCUT2D eigenvalue weighted by molar-refractivity contribution is 5.99. The van der Waals surface area contributed by atoms with Crippen molar-refractivity contribution in [3.05, 3.63) is 35.6 Å². The minimum Gasteiger partial charge on any atom is -0.399 e. The molecule has 1 aliphatic carbocycles. The predicted molar refractivity (Wildman–Crippen MR) is 79.9 cm³/mol. The average molecular weight is 315 g/mol. The molecule has 0 unspecified atom stereocenters. The summed E-state index contributed by atoms with van der Waals surface area (Å²) in [4.78, 5) is 0. The van der Waals surface area contributed by atoms with Gasteiger partial charge in [-0.1, -0.05) is 18.2 Å². The Morgan fingerprint density at radius 1 is 1.23 bits per heavy atom. The minimum absolute atomic E-state index is 0.0506. The van der Waals surface area contributed by atoms with E-state index in [9.17, 15) is 13.2 Å². The highest BCUT2D eigenvalue weighted by atomic mass is 19.4. The summed E-state index contributed by atoms with van der Waals surface area (Å²) in [5, 5.41) is 10.9. The van der Waals surface area contributed by atoms with E-state index in [4.69, 9.17) is 11.5 Å². The molecule has 22 heavy (non-hydrogen) atoms. The summed E-state index contributed by atoms with van der Waals surface area (Å²) in [6.45, 7) is 7.28. The smallest absolute Gasteiger partial charge is 0.391 e. The monoisotopic (exact) mass is 315 g/mol. The number of allylic oxidation sites excluding steroid dienone is 2. The zero-order chi connectivity index (χ0) is 16.9. The molecular formula is C14H20F3N5. The highest BCUT2D eigenvalue weighted by Crippen LogP contribution is 2.42. The van der Waals surface area contributed by atoms with Crippen LogP contribution in [0.15, 0.2) is 51.0 Å². The summed E-state index contributed by atoms with van der Waals surface area (Å²) in [6.07, 6.45) is -1.21. The van der Waals surface area contributed by atoms with Gasteiger partial charge in [-0.2, -0.15) is 18.3 Å². The molecule has 0 atom stereocenters. The zero-order valence-corrected chi connectivity index (χ0v) is 12.6. The number of hydrogen-bond donors (Lipinski definition) is 2. The van der Waals surface area contributed by atoms with Crippen LogP contribution in [-0.2, 0) is 0 Å². The summed E-state index contributed by atoms with van der Waals surface area (Å²) in [5.74, 6) is -1.24. The van der Waals surface area contributed by atoms with E-state index in [-0.39, 0.29) is 18.7 Å². The van der Waals surface area contributed by atoms with Gasteiger partial charge in [-0.3, -0.25) is 0 Å². The van der Waals surface area contributed by atoms with E-state index in [1.54, 1.807) is 6.08 Å². The molecule has 0 radical (unpaired) electrons. The van der Waals surface area contributed by atoms with Crippen molar-refractivity contribution >= 4 is 5.84 Å². The first-order chi connectivity index (χ1) is 10.1. The second kappa shape index (κ2) is 7.24. The SMILES string of the molecule is C=CC(=C\C(N)=C(C)C)/C(N)=N/N=NC1CC(C(F)(F)F)C1. The van der Waals surface area contributed by atoms with E-state index in [1.165, 1.54) is 6.08 Å². The van der Waals surface area contributed by atoms with Gasteiger partial charge < -0.3 is 11.5 Å². The summed E-state index contributed by atoms with van der Waals surface area (Å²) < 4.78 is 36.9. The maximum absolute atomic E-state index is 12.3. The molecule has 0 aromatic rings. The number of nitrogens with two attached hydrogens (primary N) is 2. The van der Waals surface area contributed by atoms with Crippen LogP contribution in [0.25, 0.3) is 0 Å². The molecule has 0 aliphatic heterocycles. The molecule has 0 bridgehead atoms. The normalized spacial score (nSPS) is 23.3. The molecule has 1 rings (SSSR count). The van der Waals surface area contributed by atoms with Crippen molar-refractivity contribution in [1.29, 1.82) is 0 Å². The Balaban J connectivity index is 2.65. The van der Waals surface area contributed by atoms with Crippen LogP contribution >= 0.6 is 0 Å². The van der Waals surface area contributed by atoms with E-state index in [1.807, 2.05) is 13.8 Å². The standard InChI is InChI=1S/C14H20F3N5/c1-4-9(5-12(18)8(2)3)13(19)21-22-20-11-6-10(7-11)14(15,16)17/h4-5,10-11H,1,6-7,18H2,2-3H3,(H2,19,20,21)/b9-5+. The number of hydrogen-bond acceptors (Lipinski definition) is 3. The first kappa shape index (κ1) is 17.9. The highest BCUT2D eigenvalue weighted by Gasteiger charge is 2.48. The van der Waals surface area contributed by atoms with Gasteiger partial charge in [-0.05, 0) is 38.0 Å². The van der Waals surface area contributed by atoms with Crippen molar-refractivity contribution in [2.75, 3.05) is 0 Å². The van der Waals surface area contributed by atoms with Crippen molar-refractivity contribution in [3.63, 3.8) is 0 Å². The molecule has 0 spiro atoms. The van der Waals surface area contributed by atoms with Gasteiger partial charge in [0.2, 0.25) is 0 Å². The summed E-state index contributed by atoms with van der Waals surface area (Å²) in [7, 11) is 0. The second-order valence-corrected chi connectivity index (χ2v) is 5.31. The zero-order valence-electron chi connectivity index (χ0n) is 12.6. The third-order valence-electron chi connectivity index (χ3n) is 3.35. The number of halogens is 3. The van der Waals surface area contributed by atoms with E-state index in [2.05, 4.69) is 22.0 Å². The van der Waals surface area contributed by atoms with Crippen molar-refractivity contribution in [3.8, 4) is 0 Å². The van der Waals surface area contributed by atoms with Crippen LogP contribution in [0.3, 0.4) is 0 Å². The lowest BCUT2D eigenvalue weighted by atomic mass is 9.80. The summed E-state index contributed by atoms with van der Waals surface area (Å²) in [6, 6.07) is -0.456. The topological polar surface area (TPSA) is 89.1 Å². The number of amidine groups is 1. The van der Waals surface area contributed by atoms with Gasteiger partial charge in [0.25, 0.3) is 0 Å². The second-order valence-electron chi connectivity index (χ2n) is 5.31. The molecule has 5 nitrogen and oxygen atoms in total. The van der Waals surface area contributed by atoms with Crippen LogP contribution in [0.5, 0.6) is 0 Å². The van der Waals surface area contributed by atoms with Crippen LogP contribution < -0.4 is 11.5 Å². The third-order valence-corrected chi connectivity index (χ3v) is 3.35. The Morgan fingerprint density at radius 2 is 1.82 bits per heavy atom. The summed E-state index contributed by atoms with van der Waals surface area (Å²) >= 11 is 0. The molecule has 0 amide bonds. The lowest BCUT2D eigenvalue weighted by Crippen LogP contribution is -2.37. The molecule has 0 aromatic carbocycles. The quantitative estimate of drug-likeness (QED) is 0.268. The lowest BCUT2D eigenvalue weighted by Gasteiger charge is -2.32. The molecule has 8 heteroatoms. The average Bonchev–Trinajstić information content (AvgIpc) is 2.36. The summed E-state index contributed by atoms with van der Waals surface area (Å²) in [5.41, 5.74) is 13.4. The third kappa shape index (κ3) is 5.01. The first-order valence-electron chi connectivity index (χ1n) is 6.72. The molecule has 0 heterocycles. The molecule has 1 aliphatic rings. The van der Waals surface area contributed by atoms with Gasteiger partial charge in [-0.15, -0.1) is 5.10 Å². The Kier molecular flexibility index (Phi) is 5.90. The Bertz CT molecular complexity index is 533. The van der Waals surface area contributed by atoms with Crippen LogP contribution in [0.4, 0.5) is 13.2 Å². The fourth-order valence-electron chi connectivity index (χ4n) is 1.70. The van der Waals surface area contributed by atoms with Gasteiger partial charge in [0.15, 0.2) is 5.84 Å². The first-order valence-corrected chi connectivity index (χ1v) is 6.72. The van der Waals surface area contributed by atoms with Crippen molar-refractivity contribution in [2.45, 2.75) is 38.9 Å². The number of rotatable bonds is 5. The van der Waals surface area contributed by atoms with Crippen LogP contribution in [-0.4, -0.2) is 18.1 Å². The molecule has 4 N–H and O–H groups in total. The maximum Gasteiger partial charge on any atom is 0.391 e. The Hall–Kier alpha value is -2.12. The fourth-order valence-corrected chi connectivity index (χ4v) is 1.70. The lowest BCUT2D eigenvalue weighted by molar-refractivity contribution is -0.197. The number of alkyl halides is 3. The van der Waals surface area contributed by atoms with E-state index < -0.39 is 18.1 Å². The van der Waals surface area contributed by atoms with Gasteiger partial charge in [0, 0.05) is 11.3 Å². The minimum atomic E-state index is -4.16. The fraction of sp³-hybridized carbons (Fsp3) is 0.500. The van der Waals surface area contributed by atoms with Gasteiger partial charge in [-0.25, -0.2) is 0 Å². The molecule has 1 saturated carbocycles.